The lowest BCUT2D eigenvalue weighted by Crippen LogP contribution is -2.12. The van der Waals surface area contributed by atoms with Crippen molar-refractivity contribution in [2.75, 3.05) is 6.61 Å². The van der Waals surface area contributed by atoms with Gasteiger partial charge in [0.25, 0.3) is 5.85 Å². The van der Waals surface area contributed by atoms with Crippen LogP contribution in [-0.2, 0) is 9.09 Å². The minimum absolute atomic E-state index is 0.556. The Kier molecular flexibility index (Phi) is 4.86. The van der Waals surface area contributed by atoms with Crippen LogP contribution in [0.15, 0.2) is 0 Å². The molecule has 0 heterocycles. The third-order valence-corrected chi connectivity index (χ3v) is 3.48. The second-order valence-electron chi connectivity index (χ2n) is 3.72. The predicted molar refractivity (Wildman–Crippen MR) is 51.8 cm³/mol. The van der Waals surface area contributed by atoms with E-state index < -0.39 is 13.9 Å². The zero-order valence-electron chi connectivity index (χ0n) is 8.11. The fourth-order valence-corrected chi connectivity index (χ4v) is 2.21. The molecule has 3 nitrogen and oxygen atoms in total. The summed E-state index contributed by atoms with van der Waals surface area (Å²) >= 11 is 0. The molecule has 0 radical (unpaired) electrons. The summed E-state index contributed by atoms with van der Waals surface area (Å²) in [6.45, 7) is 2.06. The van der Waals surface area contributed by atoms with Crippen molar-refractivity contribution >= 4 is 8.03 Å². The third-order valence-electron chi connectivity index (χ3n) is 2.47. The minimum atomic E-state index is -1.86. The normalized spacial score (nSPS) is 22.8. The quantitative estimate of drug-likeness (QED) is 0.717. The summed E-state index contributed by atoms with van der Waals surface area (Å²) in [6, 6.07) is 0. The van der Waals surface area contributed by atoms with Gasteiger partial charge in [-0.1, -0.05) is 19.3 Å². The van der Waals surface area contributed by atoms with Crippen LogP contribution in [-0.4, -0.2) is 17.6 Å². The Morgan fingerprint density at radius 2 is 2.08 bits per heavy atom. The van der Waals surface area contributed by atoms with E-state index in [-0.39, 0.29) is 0 Å². The van der Waals surface area contributed by atoms with E-state index in [1.807, 2.05) is 0 Å². The van der Waals surface area contributed by atoms with Gasteiger partial charge in [0.05, 0.1) is 0 Å². The van der Waals surface area contributed by atoms with Crippen molar-refractivity contribution in [3.8, 4) is 0 Å². The average molecular weight is 205 g/mol. The van der Waals surface area contributed by atoms with Crippen LogP contribution in [0.25, 0.3) is 0 Å². The van der Waals surface area contributed by atoms with Crippen molar-refractivity contribution in [1.82, 2.24) is 0 Å². The predicted octanol–water partition coefficient (Wildman–Crippen LogP) is 2.66. The van der Waals surface area contributed by atoms with Gasteiger partial charge in [0.2, 0.25) is 0 Å². The second-order valence-corrected chi connectivity index (χ2v) is 5.29. The van der Waals surface area contributed by atoms with E-state index in [2.05, 4.69) is 0 Å². The first-order valence-electron chi connectivity index (χ1n) is 4.97. The summed E-state index contributed by atoms with van der Waals surface area (Å²) in [4.78, 5) is 0. The maximum Gasteiger partial charge on any atom is 0.539 e. The van der Waals surface area contributed by atoms with Gasteiger partial charge in [-0.25, -0.2) is 0 Å². The summed E-state index contributed by atoms with van der Waals surface area (Å²) < 4.78 is 16.2. The standard InChI is InChI=1S/C9H18O3P/c1-8(10)13(11)12-7-9-5-3-2-4-6-9/h8-10H,2-7H2,1H3/q+1. The van der Waals surface area contributed by atoms with Crippen LogP contribution >= 0.6 is 8.03 Å². The molecule has 0 aromatic rings. The molecule has 0 aliphatic heterocycles. The molecule has 0 bridgehead atoms. The Morgan fingerprint density at radius 3 is 2.62 bits per heavy atom. The first-order valence-corrected chi connectivity index (χ1v) is 6.22. The van der Waals surface area contributed by atoms with E-state index in [1.165, 1.54) is 39.0 Å². The summed E-state index contributed by atoms with van der Waals surface area (Å²) in [6.07, 6.45) is 6.21. The van der Waals surface area contributed by atoms with Crippen molar-refractivity contribution in [1.29, 1.82) is 0 Å². The van der Waals surface area contributed by atoms with E-state index in [4.69, 9.17) is 9.63 Å². The van der Waals surface area contributed by atoms with Crippen molar-refractivity contribution in [2.24, 2.45) is 5.92 Å². The molecule has 0 spiro atoms. The molecule has 0 saturated heterocycles. The van der Waals surface area contributed by atoms with Gasteiger partial charge in [-0.3, -0.25) is 0 Å². The van der Waals surface area contributed by atoms with Crippen LogP contribution in [0.5, 0.6) is 0 Å². The molecule has 4 heteroatoms. The van der Waals surface area contributed by atoms with Gasteiger partial charge in [0.15, 0.2) is 0 Å². The summed E-state index contributed by atoms with van der Waals surface area (Å²) in [5.74, 6) is -0.273. The number of hydrogen-bond donors (Lipinski definition) is 1. The first kappa shape index (κ1) is 11.1. The lowest BCUT2D eigenvalue weighted by atomic mass is 9.90. The molecular formula is C9H18O3P+. The lowest BCUT2D eigenvalue weighted by Gasteiger charge is -2.18. The number of aliphatic hydroxyl groups is 1. The van der Waals surface area contributed by atoms with Crippen molar-refractivity contribution in [3.05, 3.63) is 0 Å². The Hall–Kier alpha value is 0.0200. The zero-order valence-corrected chi connectivity index (χ0v) is 9.00. The van der Waals surface area contributed by atoms with Gasteiger partial charge in [0, 0.05) is 6.92 Å². The third kappa shape index (κ3) is 4.17. The first-order chi connectivity index (χ1) is 6.20. The van der Waals surface area contributed by atoms with Gasteiger partial charge < -0.3 is 5.11 Å². The highest BCUT2D eigenvalue weighted by Crippen LogP contribution is 2.31. The molecule has 0 amide bonds. The molecule has 0 aromatic heterocycles. The SMILES string of the molecule is CC(O)[P+](=O)OCC1CCCCC1. The summed E-state index contributed by atoms with van der Waals surface area (Å²) in [5, 5.41) is 8.94. The highest BCUT2D eigenvalue weighted by molar-refractivity contribution is 7.39. The van der Waals surface area contributed by atoms with Gasteiger partial charge in [-0.05, 0) is 23.3 Å². The topological polar surface area (TPSA) is 46.5 Å². The van der Waals surface area contributed by atoms with Crippen LogP contribution in [0.2, 0.25) is 0 Å². The van der Waals surface area contributed by atoms with Crippen LogP contribution in [0.1, 0.15) is 39.0 Å². The molecule has 0 aromatic carbocycles. The molecular weight excluding hydrogens is 187 g/mol. The van der Waals surface area contributed by atoms with Gasteiger partial charge >= 0.3 is 8.03 Å². The molecule has 1 N–H and O–H groups in total. The Balaban J connectivity index is 2.13. The average Bonchev–Trinajstić information content (AvgIpc) is 2.15. The molecule has 2 atom stereocenters. The number of rotatable bonds is 4. The van der Waals surface area contributed by atoms with Crippen molar-refractivity contribution in [2.45, 2.75) is 44.9 Å². The van der Waals surface area contributed by atoms with Gasteiger partial charge in [0.1, 0.15) is 6.61 Å². The molecule has 76 valence electrons. The maximum absolute atomic E-state index is 11.1. The lowest BCUT2D eigenvalue weighted by molar-refractivity contribution is 0.190. The number of hydrogen-bond acceptors (Lipinski definition) is 3. The smallest absolute Gasteiger partial charge is 0.349 e. The Labute approximate surface area is 80.4 Å². The van der Waals surface area contributed by atoms with Gasteiger partial charge in [-0.2, -0.15) is 0 Å². The second kappa shape index (κ2) is 5.69. The van der Waals surface area contributed by atoms with E-state index in [0.29, 0.717) is 12.5 Å². The fourth-order valence-electron chi connectivity index (χ4n) is 1.64. The summed E-state index contributed by atoms with van der Waals surface area (Å²) in [7, 11) is -1.86. The molecule has 1 aliphatic rings. The monoisotopic (exact) mass is 205 g/mol. The highest BCUT2D eigenvalue weighted by Gasteiger charge is 2.27. The minimum Gasteiger partial charge on any atom is -0.349 e. The molecule has 1 rings (SSSR count). The fraction of sp³-hybridized carbons (Fsp3) is 1.00. The molecule has 2 unspecified atom stereocenters. The number of aliphatic hydroxyl groups excluding tert-OH is 1. The van der Waals surface area contributed by atoms with Crippen LogP contribution in [0.3, 0.4) is 0 Å². The van der Waals surface area contributed by atoms with Crippen LogP contribution in [0, 0.1) is 5.92 Å². The van der Waals surface area contributed by atoms with Crippen LogP contribution in [0.4, 0.5) is 0 Å². The van der Waals surface area contributed by atoms with E-state index in [0.717, 1.165) is 0 Å². The van der Waals surface area contributed by atoms with Gasteiger partial charge in [-0.15, -0.1) is 4.52 Å². The molecule has 1 aliphatic carbocycles. The Morgan fingerprint density at radius 1 is 1.46 bits per heavy atom. The van der Waals surface area contributed by atoms with E-state index >= 15 is 0 Å². The Bertz CT molecular complexity index is 164. The summed E-state index contributed by atoms with van der Waals surface area (Å²) in [5.41, 5.74) is 0. The molecule has 1 saturated carbocycles. The van der Waals surface area contributed by atoms with E-state index in [1.54, 1.807) is 0 Å². The molecule has 13 heavy (non-hydrogen) atoms. The molecule has 1 fully saturated rings. The zero-order chi connectivity index (χ0) is 9.68. The van der Waals surface area contributed by atoms with Crippen molar-refractivity contribution in [3.63, 3.8) is 0 Å². The van der Waals surface area contributed by atoms with E-state index in [9.17, 15) is 4.57 Å². The highest BCUT2D eigenvalue weighted by atomic mass is 31.1. The largest absolute Gasteiger partial charge is 0.539 e. The maximum atomic E-state index is 11.1. The van der Waals surface area contributed by atoms with Crippen LogP contribution < -0.4 is 0 Å². The van der Waals surface area contributed by atoms with Crippen molar-refractivity contribution < 1.29 is 14.2 Å².